The first kappa shape index (κ1) is 13.8. The number of hydrogen-bond acceptors (Lipinski definition) is 3. The van der Waals surface area contributed by atoms with Crippen molar-refractivity contribution >= 4 is 17.4 Å². The zero-order chi connectivity index (χ0) is 13.5. The molecule has 0 bridgehead atoms. The van der Waals surface area contributed by atoms with Gasteiger partial charge < -0.3 is 10.5 Å². The van der Waals surface area contributed by atoms with Gasteiger partial charge in [-0.2, -0.15) is 0 Å². The fourth-order valence-corrected chi connectivity index (χ4v) is 2.71. The molecule has 0 radical (unpaired) electrons. The van der Waals surface area contributed by atoms with Crippen molar-refractivity contribution in [2.75, 3.05) is 18.1 Å². The Morgan fingerprint density at radius 2 is 1.79 bits per heavy atom. The summed E-state index contributed by atoms with van der Waals surface area (Å²) in [5, 5.41) is 0. The van der Waals surface area contributed by atoms with Crippen molar-refractivity contribution in [2.24, 2.45) is 0 Å². The van der Waals surface area contributed by atoms with Crippen molar-refractivity contribution in [2.45, 2.75) is 18.2 Å². The molecule has 2 aromatic carbocycles. The first-order chi connectivity index (χ1) is 9.27. The molecule has 3 heteroatoms. The Balaban J connectivity index is 1.71. The van der Waals surface area contributed by atoms with E-state index in [9.17, 15) is 0 Å². The number of benzene rings is 2. The predicted octanol–water partition coefficient (Wildman–Crippen LogP) is 4.14. The second-order valence-corrected chi connectivity index (χ2v) is 5.49. The molecule has 0 aromatic heterocycles. The number of aryl methyl sites for hydroxylation is 1. The Morgan fingerprint density at radius 1 is 1.05 bits per heavy atom. The lowest BCUT2D eigenvalue weighted by Crippen LogP contribution is -2.01. The lowest BCUT2D eigenvalue weighted by atomic mass is 10.2. The van der Waals surface area contributed by atoms with Crippen molar-refractivity contribution in [3.8, 4) is 5.75 Å². The average molecular weight is 273 g/mol. The summed E-state index contributed by atoms with van der Waals surface area (Å²) in [6.07, 6.45) is 1.01. The molecule has 2 aromatic rings. The second kappa shape index (κ2) is 7.10. The van der Waals surface area contributed by atoms with Crippen LogP contribution in [0.4, 0.5) is 5.69 Å². The van der Waals surface area contributed by atoms with Gasteiger partial charge in [0.1, 0.15) is 5.75 Å². The van der Waals surface area contributed by atoms with Gasteiger partial charge in [-0.05, 0) is 37.1 Å². The molecule has 0 aliphatic rings. The van der Waals surface area contributed by atoms with Gasteiger partial charge in [-0.3, -0.25) is 0 Å². The maximum absolute atomic E-state index is 5.82. The van der Waals surface area contributed by atoms with E-state index in [-0.39, 0.29) is 0 Å². The van der Waals surface area contributed by atoms with Crippen molar-refractivity contribution in [3.63, 3.8) is 0 Å². The summed E-state index contributed by atoms with van der Waals surface area (Å²) in [4.78, 5) is 1.35. The summed E-state index contributed by atoms with van der Waals surface area (Å²) in [5.74, 6) is 1.83. The molecule has 100 valence electrons. The number of ether oxygens (including phenoxy) is 1. The lowest BCUT2D eigenvalue weighted by molar-refractivity contribution is 0.320. The number of anilines is 1. The van der Waals surface area contributed by atoms with Gasteiger partial charge in [0.05, 0.1) is 12.3 Å². The van der Waals surface area contributed by atoms with Gasteiger partial charge in [0, 0.05) is 10.6 Å². The zero-order valence-corrected chi connectivity index (χ0v) is 12.0. The third-order valence-electron chi connectivity index (χ3n) is 2.82. The lowest BCUT2D eigenvalue weighted by Gasteiger charge is -2.09. The summed E-state index contributed by atoms with van der Waals surface area (Å²) in [6.45, 7) is 2.84. The van der Waals surface area contributed by atoms with Gasteiger partial charge in [0.25, 0.3) is 0 Å². The van der Waals surface area contributed by atoms with E-state index in [4.69, 9.17) is 10.5 Å². The molecule has 0 aliphatic carbocycles. The smallest absolute Gasteiger partial charge is 0.142 e. The van der Waals surface area contributed by atoms with E-state index in [1.54, 1.807) is 0 Å². The van der Waals surface area contributed by atoms with E-state index in [2.05, 4.69) is 31.2 Å². The Labute approximate surface area is 119 Å². The second-order valence-electron chi connectivity index (χ2n) is 4.35. The number of para-hydroxylation sites is 2. The molecule has 0 saturated heterocycles. The third-order valence-corrected chi connectivity index (χ3v) is 4.08. The SMILES string of the molecule is Cc1ccccc1SCCCOc1ccccc1N. The molecule has 19 heavy (non-hydrogen) atoms. The number of thioether (sulfide) groups is 1. The van der Waals surface area contributed by atoms with E-state index in [1.807, 2.05) is 36.0 Å². The van der Waals surface area contributed by atoms with Gasteiger partial charge in [-0.15, -0.1) is 11.8 Å². The van der Waals surface area contributed by atoms with E-state index in [1.165, 1.54) is 10.5 Å². The summed E-state index contributed by atoms with van der Waals surface area (Å²) in [6, 6.07) is 16.1. The molecule has 2 N–H and O–H groups in total. The van der Waals surface area contributed by atoms with Crippen LogP contribution in [0.25, 0.3) is 0 Å². The molecule has 0 atom stereocenters. The quantitative estimate of drug-likeness (QED) is 0.488. The summed E-state index contributed by atoms with van der Waals surface area (Å²) in [7, 11) is 0. The minimum absolute atomic E-state index is 0.701. The van der Waals surface area contributed by atoms with Crippen LogP contribution < -0.4 is 10.5 Å². The summed E-state index contributed by atoms with van der Waals surface area (Å²) >= 11 is 1.88. The monoisotopic (exact) mass is 273 g/mol. The molecule has 2 rings (SSSR count). The van der Waals surface area contributed by atoms with Crippen molar-refractivity contribution in [1.29, 1.82) is 0 Å². The van der Waals surface area contributed by atoms with E-state index >= 15 is 0 Å². The number of nitrogen functional groups attached to an aromatic ring is 1. The van der Waals surface area contributed by atoms with Crippen LogP contribution in [0.2, 0.25) is 0 Å². The van der Waals surface area contributed by atoms with Crippen LogP contribution in [-0.2, 0) is 0 Å². The van der Waals surface area contributed by atoms with Crippen LogP contribution in [-0.4, -0.2) is 12.4 Å². The highest BCUT2D eigenvalue weighted by atomic mass is 32.2. The Bertz CT molecular complexity index is 480. The summed E-state index contributed by atoms with van der Waals surface area (Å²) in [5.41, 5.74) is 7.85. The maximum atomic E-state index is 5.82. The highest BCUT2D eigenvalue weighted by Gasteiger charge is 2.00. The number of rotatable bonds is 6. The maximum Gasteiger partial charge on any atom is 0.142 e. The van der Waals surface area contributed by atoms with Crippen LogP contribution >= 0.6 is 11.8 Å². The molecule has 0 fully saturated rings. The van der Waals surface area contributed by atoms with E-state index in [0.29, 0.717) is 12.3 Å². The average Bonchev–Trinajstić information content (AvgIpc) is 2.42. The minimum Gasteiger partial charge on any atom is -0.491 e. The fourth-order valence-electron chi connectivity index (χ4n) is 1.75. The first-order valence-corrected chi connectivity index (χ1v) is 7.41. The molecular weight excluding hydrogens is 254 g/mol. The largest absolute Gasteiger partial charge is 0.491 e. The van der Waals surface area contributed by atoms with Gasteiger partial charge in [0.2, 0.25) is 0 Å². The molecular formula is C16H19NOS. The molecule has 0 amide bonds. The normalized spacial score (nSPS) is 10.4. The van der Waals surface area contributed by atoms with Gasteiger partial charge in [-0.25, -0.2) is 0 Å². The van der Waals surface area contributed by atoms with Gasteiger partial charge in [-0.1, -0.05) is 30.3 Å². The highest BCUT2D eigenvalue weighted by Crippen LogP contribution is 2.23. The molecule has 0 saturated carbocycles. The molecule has 2 nitrogen and oxygen atoms in total. The molecule has 0 aliphatic heterocycles. The Kier molecular flexibility index (Phi) is 5.16. The predicted molar refractivity (Wildman–Crippen MR) is 82.9 cm³/mol. The van der Waals surface area contributed by atoms with E-state index < -0.39 is 0 Å². The standard InChI is InChI=1S/C16H19NOS/c1-13-7-2-5-10-16(13)19-12-6-11-18-15-9-4-3-8-14(15)17/h2-5,7-10H,6,11-12,17H2,1H3. The third kappa shape index (κ3) is 4.21. The van der Waals surface area contributed by atoms with E-state index in [0.717, 1.165) is 17.9 Å². The van der Waals surface area contributed by atoms with Crippen molar-refractivity contribution < 1.29 is 4.74 Å². The van der Waals surface area contributed by atoms with Crippen molar-refractivity contribution in [1.82, 2.24) is 0 Å². The zero-order valence-electron chi connectivity index (χ0n) is 11.1. The van der Waals surface area contributed by atoms with Gasteiger partial charge in [0.15, 0.2) is 0 Å². The number of nitrogens with two attached hydrogens (primary N) is 1. The van der Waals surface area contributed by atoms with Crippen LogP contribution in [0.15, 0.2) is 53.4 Å². The Hall–Kier alpha value is -1.61. The van der Waals surface area contributed by atoms with Crippen LogP contribution in [0.5, 0.6) is 5.75 Å². The molecule has 0 heterocycles. The summed E-state index contributed by atoms with van der Waals surface area (Å²) < 4.78 is 5.67. The fraction of sp³-hybridized carbons (Fsp3) is 0.250. The number of hydrogen-bond donors (Lipinski definition) is 1. The van der Waals surface area contributed by atoms with Crippen LogP contribution in [0.1, 0.15) is 12.0 Å². The van der Waals surface area contributed by atoms with Crippen LogP contribution in [0.3, 0.4) is 0 Å². The van der Waals surface area contributed by atoms with Crippen molar-refractivity contribution in [3.05, 3.63) is 54.1 Å². The highest BCUT2D eigenvalue weighted by molar-refractivity contribution is 7.99. The molecule has 0 spiro atoms. The van der Waals surface area contributed by atoms with Crippen LogP contribution in [0, 0.1) is 6.92 Å². The van der Waals surface area contributed by atoms with Gasteiger partial charge >= 0.3 is 0 Å². The topological polar surface area (TPSA) is 35.2 Å². The molecule has 0 unspecified atom stereocenters. The first-order valence-electron chi connectivity index (χ1n) is 6.43. The minimum atomic E-state index is 0.701. The Morgan fingerprint density at radius 3 is 2.58 bits per heavy atom.